The first-order valence-electron chi connectivity index (χ1n) is 7.35. The van der Waals surface area contributed by atoms with Crippen molar-refractivity contribution in [2.24, 2.45) is 5.41 Å². The molecule has 0 aromatic heterocycles. The van der Waals surface area contributed by atoms with Gasteiger partial charge in [0.25, 0.3) is 0 Å². The van der Waals surface area contributed by atoms with Crippen LogP contribution in [0.15, 0.2) is 18.2 Å². The van der Waals surface area contributed by atoms with E-state index in [1.807, 2.05) is 18.2 Å². The Hall–Kier alpha value is -1.75. The predicted octanol–water partition coefficient (Wildman–Crippen LogP) is 1.71. The lowest BCUT2D eigenvalue weighted by Crippen LogP contribution is -2.41. The lowest BCUT2D eigenvalue weighted by atomic mass is 9.83. The highest BCUT2D eigenvalue weighted by molar-refractivity contribution is 5.83. The lowest BCUT2D eigenvalue weighted by molar-refractivity contribution is -0.130. The van der Waals surface area contributed by atoms with Crippen LogP contribution in [-0.2, 0) is 11.3 Å². The first-order valence-corrected chi connectivity index (χ1v) is 7.35. The number of benzene rings is 1. The summed E-state index contributed by atoms with van der Waals surface area (Å²) in [5.74, 6) is 1.62. The Morgan fingerprint density at radius 3 is 2.76 bits per heavy atom. The molecule has 0 spiro atoms. The van der Waals surface area contributed by atoms with Gasteiger partial charge in [0.1, 0.15) is 11.5 Å². The molecule has 1 heterocycles. The van der Waals surface area contributed by atoms with Gasteiger partial charge in [-0.25, -0.2) is 0 Å². The Kier molecular flexibility index (Phi) is 5.07. The highest BCUT2D eigenvalue weighted by atomic mass is 16.5. The number of nitrogens with one attached hydrogen (secondary N) is 2. The molecule has 1 unspecified atom stereocenters. The third-order valence-corrected chi connectivity index (χ3v) is 4.33. The summed E-state index contributed by atoms with van der Waals surface area (Å²) >= 11 is 0. The Morgan fingerprint density at radius 2 is 2.19 bits per heavy atom. The zero-order chi connectivity index (χ0) is 15.3. The largest absolute Gasteiger partial charge is 0.497 e. The minimum atomic E-state index is -0.272. The molecule has 5 heteroatoms. The van der Waals surface area contributed by atoms with Crippen LogP contribution in [0.2, 0.25) is 0 Å². The second kappa shape index (κ2) is 6.80. The van der Waals surface area contributed by atoms with Crippen molar-refractivity contribution in [1.29, 1.82) is 0 Å². The summed E-state index contributed by atoms with van der Waals surface area (Å²) in [4.78, 5) is 12.5. The standard InChI is InChI=1S/C16H24N2O3/c1-4-16(7-8-17-11-16)15(19)18-10-12-9-13(20-2)5-6-14(12)21-3/h5-6,9,17H,4,7-8,10-11H2,1-3H3,(H,18,19). The Bertz CT molecular complexity index is 496. The average molecular weight is 292 g/mol. The van der Waals surface area contributed by atoms with E-state index in [0.29, 0.717) is 6.54 Å². The number of rotatable bonds is 6. The van der Waals surface area contributed by atoms with Crippen LogP contribution in [-0.4, -0.2) is 33.2 Å². The summed E-state index contributed by atoms with van der Waals surface area (Å²) in [6, 6.07) is 5.59. The zero-order valence-corrected chi connectivity index (χ0v) is 13.0. The van der Waals surface area contributed by atoms with Gasteiger partial charge in [0.05, 0.1) is 19.6 Å². The van der Waals surface area contributed by atoms with Crippen molar-refractivity contribution in [2.45, 2.75) is 26.3 Å². The molecule has 21 heavy (non-hydrogen) atoms. The monoisotopic (exact) mass is 292 g/mol. The molecule has 1 amide bonds. The molecular weight excluding hydrogens is 268 g/mol. The van der Waals surface area contributed by atoms with Crippen LogP contribution in [0.3, 0.4) is 0 Å². The van der Waals surface area contributed by atoms with Gasteiger partial charge < -0.3 is 20.1 Å². The maximum Gasteiger partial charge on any atom is 0.227 e. The van der Waals surface area contributed by atoms with E-state index >= 15 is 0 Å². The van der Waals surface area contributed by atoms with E-state index in [4.69, 9.17) is 9.47 Å². The van der Waals surface area contributed by atoms with Gasteiger partial charge in [-0.2, -0.15) is 0 Å². The third kappa shape index (κ3) is 3.29. The molecule has 2 rings (SSSR count). The van der Waals surface area contributed by atoms with Crippen LogP contribution in [0.4, 0.5) is 0 Å². The highest BCUT2D eigenvalue weighted by Gasteiger charge is 2.39. The highest BCUT2D eigenvalue weighted by Crippen LogP contribution is 2.30. The molecule has 5 nitrogen and oxygen atoms in total. The van der Waals surface area contributed by atoms with Crippen LogP contribution < -0.4 is 20.1 Å². The van der Waals surface area contributed by atoms with E-state index in [1.54, 1.807) is 14.2 Å². The lowest BCUT2D eigenvalue weighted by Gasteiger charge is -2.25. The number of carbonyl (C=O) groups excluding carboxylic acids is 1. The van der Waals surface area contributed by atoms with E-state index < -0.39 is 0 Å². The Morgan fingerprint density at radius 1 is 1.38 bits per heavy atom. The Labute approximate surface area is 126 Å². The van der Waals surface area contributed by atoms with Crippen molar-refractivity contribution < 1.29 is 14.3 Å². The van der Waals surface area contributed by atoms with E-state index in [0.717, 1.165) is 43.0 Å². The molecule has 0 bridgehead atoms. The minimum absolute atomic E-state index is 0.111. The van der Waals surface area contributed by atoms with Crippen molar-refractivity contribution >= 4 is 5.91 Å². The number of amides is 1. The van der Waals surface area contributed by atoms with Crippen LogP contribution in [0, 0.1) is 5.41 Å². The quantitative estimate of drug-likeness (QED) is 0.838. The van der Waals surface area contributed by atoms with Gasteiger partial charge in [-0.15, -0.1) is 0 Å². The normalized spacial score (nSPS) is 21.1. The molecule has 116 valence electrons. The summed E-state index contributed by atoms with van der Waals surface area (Å²) in [6.07, 6.45) is 1.74. The van der Waals surface area contributed by atoms with E-state index in [1.165, 1.54) is 0 Å². The fraction of sp³-hybridized carbons (Fsp3) is 0.562. The molecule has 2 N–H and O–H groups in total. The molecule has 0 radical (unpaired) electrons. The molecule has 1 saturated heterocycles. The van der Waals surface area contributed by atoms with Crippen molar-refractivity contribution in [1.82, 2.24) is 10.6 Å². The molecule has 1 aliphatic rings. The summed E-state index contributed by atoms with van der Waals surface area (Å²) in [7, 11) is 3.25. The molecule has 0 aliphatic carbocycles. The number of hydrogen-bond acceptors (Lipinski definition) is 4. The van der Waals surface area contributed by atoms with Gasteiger partial charge in [-0.1, -0.05) is 6.92 Å². The zero-order valence-electron chi connectivity index (χ0n) is 13.0. The van der Waals surface area contributed by atoms with Gasteiger partial charge in [0.15, 0.2) is 0 Å². The SMILES string of the molecule is CCC1(C(=O)NCc2cc(OC)ccc2OC)CCNC1. The molecule has 1 aliphatic heterocycles. The van der Waals surface area contributed by atoms with Gasteiger partial charge in [0.2, 0.25) is 5.91 Å². The van der Waals surface area contributed by atoms with Crippen molar-refractivity contribution in [2.75, 3.05) is 27.3 Å². The fourth-order valence-electron chi connectivity index (χ4n) is 2.78. The van der Waals surface area contributed by atoms with Gasteiger partial charge >= 0.3 is 0 Å². The predicted molar refractivity (Wildman–Crippen MR) is 81.6 cm³/mol. The molecule has 1 aromatic carbocycles. The maximum atomic E-state index is 12.5. The molecule has 0 saturated carbocycles. The van der Waals surface area contributed by atoms with Crippen molar-refractivity contribution in [3.05, 3.63) is 23.8 Å². The first kappa shape index (κ1) is 15.6. The molecule has 1 aromatic rings. The summed E-state index contributed by atoms with van der Waals surface area (Å²) < 4.78 is 10.6. The van der Waals surface area contributed by atoms with Gasteiger partial charge in [0, 0.05) is 18.7 Å². The average Bonchev–Trinajstić information content (AvgIpc) is 3.02. The second-order valence-electron chi connectivity index (χ2n) is 5.42. The second-order valence-corrected chi connectivity index (χ2v) is 5.42. The fourth-order valence-corrected chi connectivity index (χ4v) is 2.78. The van der Waals surface area contributed by atoms with Crippen molar-refractivity contribution in [3.63, 3.8) is 0 Å². The summed E-state index contributed by atoms with van der Waals surface area (Å²) in [5.41, 5.74) is 0.647. The summed E-state index contributed by atoms with van der Waals surface area (Å²) in [6.45, 7) is 4.17. The van der Waals surface area contributed by atoms with Crippen LogP contribution in [0.1, 0.15) is 25.3 Å². The molecule has 1 atom stereocenters. The van der Waals surface area contributed by atoms with Crippen LogP contribution in [0.25, 0.3) is 0 Å². The minimum Gasteiger partial charge on any atom is -0.497 e. The molecule has 1 fully saturated rings. The molecular formula is C16H24N2O3. The van der Waals surface area contributed by atoms with E-state index in [-0.39, 0.29) is 11.3 Å². The maximum absolute atomic E-state index is 12.5. The number of carbonyl (C=O) groups is 1. The number of methoxy groups -OCH3 is 2. The number of ether oxygens (including phenoxy) is 2. The van der Waals surface area contributed by atoms with Gasteiger partial charge in [-0.3, -0.25) is 4.79 Å². The van der Waals surface area contributed by atoms with E-state index in [9.17, 15) is 4.79 Å². The third-order valence-electron chi connectivity index (χ3n) is 4.33. The van der Waals surface area contributed by atoms with Gasteiger partial charge in [-0.05, 0) is 37.6 Å². The van der Waals surface area contributed by atoms with Crippen molar-refractivity contribution in [3.8, 4) is 11.5 Å². The van der Waals surface area contributed by atoms with Crippen LogP contribution in [0.5, 0.6) is 11.5 Å². The number of hydrogen-bond donors (Lipinski definition) is 2. The first-order chi connectivity index (χ1) is 10.1. The topological polar surface area (TPSA) is 59.6 Å². The smallest absolute Gasteiger partial charge is 0.227 e. The summed E-state index contributed by atoms with van der Waals surface area (Å²) in [5, 5.41) is 6.32. The Balaban J connectivity index is 2.06. The van der Waals surface area contributed by atoms with E-state index in [2.05, 4.69) is 17.6 Å². The van der Waals surface area contributed by atoms with Crippen LogP contribution >= 0.6 is 0 Å².